The first kappa shape index (κ1) is 43.2. The third kappa shape index (κ3) is 12.5. The van der Waals surface area contributed by atoms with Crippen molar-refractivity contribution in [1.29, 1.82) is 5.41 Å². The molecule has 4 rings (SSSR count). The van der Waals surface area contributed by atoms with Crippen molar-refractivity contribution < 1.29 is 61.8 Å². The van der Waals surface area contributed by atoms with Gasteiger partial charge in [-0.1, -0.05) is 95.5 Å². The van der Waals surface area contributed by atoms with Crippen molar-refractivity contribution in [3.8, 4) is 0 Å². The van der Waals surface area contributed by atoms with Gasteiger partial charge in [0.25, 0.3) is 3.79 Å². The van der Waals surface area contributed by atoms with Crippen molar-refractivity contribution in [2.75, 3.05) is 6.61 Å². The SMILES string of the molecule is CC(=O)N[C@H]1[C@H](O[C@H]2[C@H](OC(=N)C(Cl)(Cl)Cl)O[C@@H](C)[C@H](OCc3ccccc3)[C@H]2OCc2ccccc2)O[C@H](COC(C)=O)[C@@H](OC(C)=O)[C@@H]1OC(C)=O. The number of ether oxygens (including phenoxy) is 9. The lowest BCUT2D eigenvalue weighted by atomic mass is 9.95. The number of rotatable bonds is 14. The minimum atomic E-state index is -2.31. The largest absolute Gasteiger partial charge is 0.463 e. The van der Waals surface area contributed by atoms with Gasteiger partial charge in [-0.25, -0.2) is 0 Å². The van der Waals surface area contributed by atoms with E-state index in [-0.39, 0.29) is 13.2 Å². The Morgan fingerprint density at radius 2 is 1.24 bits per heavy atom. The summed E-state index contributed by atoms with van der Waals surface area (Å²) in [6, 6.07) is 17.2. The van der Waals surface area contributed by atoms with Gasteiger partial charge < -0.3 is 47.9 Å². The maximum absolute atomic E-state index is 12.7. The minimum Gasteiger partial charge on any atom is -0.463 e. The van der Waals surface area contributed by atoms with Crippen LogP contribution in [0.1, 0.15) is 45.7 Å². The summed E-state index contributed by atoms with van der Waals surface area (Å²) in [5, 5.41) is 11.0. The van der Waals surface area contributed by atoms with Crippen LogP contribution in [0.4, 0.5) is 0 Å². The standard InChI is InChI=1S/C36H43Cl3N2O13/c1-19-28(47-16-24-12-8-6-9-13-24)31(48-17-25-14-10-7-11-15-25)32(34(49-19)54-35(40)36(37,38)39)53-33-27(41-20(2)42)30(51-23(5)45)29(50-22(4)44)26(52-33)18-46-21(3)43/h6-15,19,26-34,40H,16-18H2,1-5H3,(H,41,42)/t19-,26+,27+,28-,29+,30+,31+,32+,33-,34-/m0/s1. The summed E-state index contributed by atoms with van der Waals surface area (Å²) in [7, 11) is 0. The second-order valence-electron chi connectivity index (χ2n) is 12.5. The lowest BCUT2D eigenvalue weighted by molar-refractivity contribution is -0.351. The fraction of sp³-hybridized carbons (Fsp3) is 0.528. The van der Waals surface area contributed by atoms with E-state index >= 15 is 0 Å². The summed E-state index contributed by atoms with van der Waals surface area (Å²) in [5.41, 5.74) is 1.63. The number of hydrogen-bond acceptors (Lipinski definition) is 14. The van der Waals surface area contributed by atoms with Crippen LogP contribution in [0.2, 0.25) is 0 Å². The smallest absolute Gasteiger partial charge is 0.303 e. The number of halogens is 3. The number of carbonyl (C=O) groups is 4. The zero-order valence-electron chi connectivity index (χ0n) is 30.1. The molecule has 2 aliphatic heterocycles. The molecule has 10 atom stereocenters. The van der Waals surface area contributed by atoms with E-state index < -0.39 is 101 Å². The molecule has 0 spiro atoms. The highest BCUT2D eigenvalue weighted by molar-refractivity contribution is 6.76. The van der Waals surface area contributed by atoms with Gasteiger partial charge in [0.1, 0.15) is 31.0 Å². The van der Waals surface area contributed by atoms with Gasteiger partial charge in [-0.2, -0.15) is 0 Å². The van der Waals surface area contributed by atoms with Crippen LogP contribution in [0.25, 0.3) is 0 Å². The van der Waals surface area contributed by atoms with Crippen molar-refractivity contribution >= 4 is 64.5 Å². The molecular weight excluding hydrogens is 775 g/mol. The molecule has 2 aromatic carbocycles. The van der Waals surface area contributed by atoms with Crippen molar-refractivity contribution in [3.05, 3.63) is 71.8 Å². The van der Waals surface area contributed by atoms with Crippen LogP contribution >= 0.6 is 34.8 Å². The number of amides is 1. The highest BCUT2D eigenvalue weighted by Crippen LogP contribution is 2.37. The first-order chi connectivity index (χ1) is 25.5. The van der Waals surface area contributed by atoms with Gasteiger partial charge in [0.2, 0.25) is 18.1 Å². The first-order valence-corrected chi connectivity index (χ1v) is 18.0. The Balaban J connectivity index is 1.82. The third-order valence-corrected chi connectivity index (χ3v) is 8.67. The van der Waals surface area contributed by atoms with Crippen molar-refractivity contribution in [2.24, 2.45) is 0 Å². The van der Waals surface area contributed by atoms with E-state index in [4.69, 9.17) is 82.8 Å². The molecular formula is C36H43Cl3N2O13. The molecule has 0 saturated carbocycles. The van der Waals surface area contributed by atoms with Gasteiger partial charge in [0, 0.05) is 27.7 Å². The van der Waals surface area contributed by atoms with E-state index in [1.807, 2.05) is 60.7 Å². The van der Waals surface area contributed by atoms with Crippen LogP contribution in [0.5, 0.6) is 0 Å². The van der Waals surface area contributed by atoms with Crippen LogP contribution in [0, 0.1) is 5.41 Å². The maximum atomic E-state index is 12.7. The highest BCUT2D eigenvalue weighted by atomic mass is 35.6. The Bertz CT molecular complexity index is 1580. The Labute approximate surface area is 327 Å². The summed E-state index contributed by atoms with van der Waals surface area (Å²) < 4.78 is 51.9. The number of carbonyl (C=O) groups excluding carboxylic acids is 4. The molecule has 2 N–H and O–H groups in total. The molecule has 2 aliphatic rings. The van der Waals surface area contributed by atoms with Gasteiger partial charge in [0.05, 0.1) is 19.3 Å². The molecule has 18 heteroatoms. The molecule has 0 bridgehead atoms. The molecule has 54 heavy (non-hydrogen) atoms. The number of hydrogen-bond donors (Lipinski definition) is 2. The molecule has 0 aliphatic carbocycles. The molecule has 2 fully saturated rings. The van der Waals surface area contributed by atoms with Gasteiger partial charge in [-0.05, 0) is 18.1 Å². The second-order valence-corrected chi connectivity index (χ2v) is 14.8. The number of benzene rings is 2. The average molecular weight is 818 g/mol. The average Bonchev–Trinajstić information content (AvgIpc) is 3.09. The van der Waals surface area contributed by atoms with Crippen LogP contribution < -0.4 is 5.32 Å². The van der Waals surface area contributed by atoms with Crippen molar-refractivity contribution in [1.82, 2.24) is 5.32 Å². The number of nitrogens with one attached hydrogen (secondary N) is 2. The molecule has 2 aromatic rings. The molecule has 0 aromatic heterocycles. The number of alkyl halides is 3. The van der Waals surface area contributed by atoms with Crippen LogP contribution in [0.3, 0.4) is 0 Å². The van der Waals surface area contributed by atoms with Gasteiger partial charge >= 0.3 is 17.9 Å². The Morgan fingerprint density at radius 1 is 0.704 bits per heavy atom. The third-order valence-electron chi connectivity index (χ3n) is 8.15. The first-order valence-electron chi connectivity index (χ1n) is 16.9. The van der Waals surface area contributed by atoms with E-state index in [1.165, 1.54) is 6.92 Å². The van der Waals surface area contributed by atoms with E-state index in [1.54, 1.807) is 6.92 Å². The summed E-state index contributed by atoms with van der Waals surface area (Å²) in [4.78, 5) is 49.3. The second kappa shape index (κ2) is 19.9. The summed E-state index contributed by atoms with van der Waals surface area (Å²) in [6.07, 6.45) is -11.4. The molecule has 296 valence electrons. The summed E-state index contributed by atoms with van der Waals surface area (Å²) in [6.45, 7) is 5.99. The van der Waals surface area contributed by atoms with Gasteiger partial charge in [-0.15, -0.1) is 0 Å². The Kier molecular flexibility index (Phi) is 15.9. The normalized spacial score (nSPS) is 28.3. The Hall–Kier alpha value is -3.54. The van der Waals surface area contributed by atoms with Crippen molar-refractivity contribution in [3.63, 3.8) is 0 Å². The van der Waals surface area contributed by atoms with E-state index in [2.05, 4.69) is 5.32 Å². The van der Waals surface area contributed by atoms with Crippen LogP contribution in [0.15, 0.2) is 60.7 Å². The molecule has 0 unspecified atom stereocenters. The van der Waals surface area contributed by atoms with Crippen LogP contribution in [-0.2, 0) is 75.0 Å². The van der Waals surface area contributed by atoms with Gasteiger partial charge in [-0.3, -0.25) is 24.6 Å². The summed E-state index contributed by atoms with van der Waals surface area (Å²) in [5.74, 6) is -3.69. The van der Waals surface area contributed by atoms with Crippen molar-refractivity contribution in [2.45, 2.75) is 113 Å². The van der Waals surface area contributed by atoms with E-state index in [9.17, 15) is 19.2 Å². The Morgan fingerprint density at radius 3 is 1.74 bits per heavy atom. The highest BCUT2D eigenvalue weighted by Gasteiger charge is 2.56. The predicted molar refractivity (Wildman–Crippen MR) is 192 cm³/mol. The molecule has 2 saturated heterocycles. The fourth-order valence-corrected chi connectivity index (χ4v) is 6.04. The molecule has 15 nitrogen and oxygen atoms in total. The summed E-state index contributed by atoms with van der Waals surface area (Å²) >= 11 is 18.0. The van der Waals surface area contributed by atoms with Gasteiger partial charge in [0.15, 0.2) is 24.6 Å². The monoisotopic (exact) mass is 816 g/mol. The van der Waals surface area contributed by atoms with Crippen LogP contribution in [-0.4, -0.2) is 101 Å². The lowest BCUT2D eigenvalue weighted by Crippen LogP contribution is -2.69. The predicted octanol–water partition coefficient (Wildman–Crippen LogP) is 4.31. The molecule has 2 heterocycles. The number of esters is 3. The van der Waals surface area contributed by atoms with E-state index in [0.29, 0.717) is 0 Å². The quantitative estimate of drug-likeness (QED) is 0.0904. The zero-order chi connectivity index (χ0) is 39.6. The molecule has 0 radical (unpaired) electrons. The zero-order valence-corrected chi connectivity index (χ0v) is 32.4. The maximum Gasteiger partial charge on any atom is 0.303 e. The minimum absolute atomic E-state index is 0.0399. The lowest BCUT2D eigenvalue weighted by Gasteiger charge is -2.49. The fourth-order valence-electron chi connectivity index (χ4n) is 5.91. The van der Waals surface area contributed by atoms with E-state index in [0.717, 1.165) is 31.9 Å². The topological polar surface area (TPSA) is 187 Å². The molecule has 1 amide bonds.